The first-order chi connectivity index (χ1) is 11.1. The summed E-state index contributed by atoms with van der Waals surface area (Å²) in [6.07, 6.45) is 7.46. The lowest BCUT2D eigenvalue weighted by molar-refractivity contribution is 0.895. The van der Waals surface area contributed by atoms with Gasteiger partial charge in [0.15, 0.2) is 16.8 Å². The van der Waals surface area contributed by atoms with E-state index in [1.165, 1.54) is 11.8 Å². The fraction of sp³-hybridized carbons (Fsp3) is 0.214. The van der Waals surface area contributed by atoms with Gasteiger partial charge in [0.1, 0.15) is 0 Å². The quantitative estimate of drug-likeness (QED) is 0.659. The summed E-state index contributed by atoms with van der Waals surface area (Å²) < 4.78 is 0. The van der Waals surface area contributed by atoms with Gasteiger partial charge in [-0.05, 0) is 18.4 Å². The molecule has 1 aliphatic rings. The molecule has 0 saturated heterocycles. The lowest BCUT2D eigenvalue weighted by atomic mass is 9.97. The lowest BCUT2D eigenvalue weighted by Crippen LogP contribution is -2.12. The highest BCUT2D eigenvalue weighted by Crippen LogP contribution is 2.38. The van der Waals surface area contributed by atoms with E-state index in [0.29, 0.717) is 33.8 Å². The minimum atomic E-state index is -0.312. The first-order valence-corrected chi connectivity index (χ1v) is 8.70. The number of aromatic nitrogens is 5. The van der Waals surface area contributed by atoms with Crippen molar-refractivity contribution in [3.63, 3.8) is 0 Å². The van der Waals surface area contributed by atoms with E-state index in [0.717, 1.165) is 5.57 Å². The van der Waals surface area contributed by atoms with Gasteiger partial charge in [-0.2, -0.15) is 9.97 Å². The van der Waals surface area contributed by atoms with Crippen molar-refractivity contribution in [2.24, 2.45) is 0 Å². The standard InChI is InChI=1S/C14H12Cl2N6S/c1-23-14-21-12(20-13(17)22-14)8-5-7(9(15)6-10(8)16)11-18-3-2-4-19-11/h2-5,9H,6H2,1H3,(H2,17,20,21,22). The number of allylic oxidation sites excluding steroid dienone is 4. The van der Waals surface area contributed by atoms with Gasteiger partial charge in [0, 0.05) is 35.0 Å². The number of hydrogen-bond acceptors (Lipinski definition) is 7. The van der Waals surface area contributed by atoms with E-state index in [1.54, 1.807) is 18.5 Å². The van der Waals surface area contributed by atoms with Crippen molar-refractivity contribution < 1.29 is 0 Å². The first kappa shape index (κ1) is 16.2. The smallest absolute Gasteiger partial charge is 0.224 e. The lowest BCUT2D eigenvalue weighted by Gasteiger charge is -2.20. The summed E-state index contributed by atoms with van der Waals surface area (Å²) in [6.45, 7) is 0. The largest absolute Gasteiger partial charge is 0.368 e. The van der Waals surface area contributed by atoms with Crippen LogP contribution in [-0.4, -0.2) is 36.6 Å². The average Bonchev–Trinajstić information content (AvgIpc) is 2.55. The molecule has 2 heterocycles. The fourth-order valence-corrected chi connectivity index (χ4v) is 3.17. The summed E-state index contributed by atoms with van der Waals surface area (Å²) in [4.78, 5) is 21.1. The molecule has 2 aromatic rings. The Morgan fingerprint density at radius 2 is 1.91 bits per heavy atom. The van der Waals surface area contributed by atoms with Crippen LogP contribution in [0.5, 0.6) is 0 Å². The molecule has 0 aliphatic heterocycles. The zero-order chi connectivity index (χ0) is 16.4. The highest BCUT2D eigenvalue weighted by Gasteiger charge is 2.25. The second-order valence-electron chi connectivity index (χ2n) is 4.67. The Labute approximate surface area is 147 Å². The zero-order valence-corrected chi connectivity index (χ0v) is 14.4. The highest BCUT2D eigenvalue weighted by atomic mass is 35.5. The van der Waals surface area contributed by atoms with Crippen LogP contribution in [0.1, 0.15) is 18.1 Å². The van der Waals surface area contributed by atoms with Crippen LogP contribution in [0.2, 0.25) is 0 Å². The number of thioether (sulfide) groups is 1. The maximum absolute atomic E-state index is 6.41. The number of nitrogen functional groups attached to an aromatic ring is 1. The van der Waals surface area contributed by atoms with Crippen molar-refractivity contribution in [3.05, 3.63) is 41.2 Å². The summed E-state index contributed by atoms with van der Waals surface area (Å²) in [7, 11) is 0. The summed E-state index contributed by atoms with van der Waals surface area (Å²) in [6, 6.07) is 1.75. The van der Waals surface area contributed by atoms with Gasteiger partial charge in [0.2, 0.25) is 5.95 Å². The number of nitrogens with two attached hydrogens (primary N) is 1. The molecule has 3 rings (SSSR count). The number of rotatable bonds is 3. The van der Waals surface area contributed by atoms with Gasteiger partial charge < -0.3 is 5.73 Å². The molecule has 0 aromatic carbocycles. The van der Waals surface area contributed by atoms with Crippen LogP contribution in [-0.2, 0) is 0 Å². The Balaban J connectivity index is 2.09. The third-order valence-electron chi connectivity index (χ3n) is 3.17. The molecule has 23 heavy (non-hydrogen) atoms. The highest BCUT2D eigenvalue weighted by molar-refractivity contribution is 7.98. The van der Waals surface area contributed by atoms with Gasteiger partial charge in [-0.15, -0.1) is 11.6 Å². The predicted molar refractivity (Wildman–Crippen MR) is 93.1 cm³/mol. The minimum Gasteiger partial charge on any atom is -0.368 e. The van der Waals surface area contributed by atoms with Crippen LogP contribution in [0.25, 0.3) is 11.1 Å². The molecule has 1 aliphatic carbocycles. The maximum Gasteiger partial charge on any atom is 0.224 e. The summed E-state index contributed by atoms with van der Waals surface area (Å²) in [5.41, 5.74) is 7.18. The molecule has 0 spiro atoms. The summed E-state index contributed by atoms with van der Waals surface area (Å²) in [5.74, 6) is 1.13. The van der Waals surface area contributed by atoms with Gasteiger partial charge in [-0.25, -0.2) is 15.0 Å². The molecule has 0 radical (unpaired) electrons. The molecule has 0 saturated carbocycles. The zero-order valence-electron chi connectivity index (χ0n) is 12.1. The van der Waals surface area contributed by atoms with Gasteiger partial charge in [-0.3, -0.25) is 0 Å². The molecule has 2 aromatic heterocycles. The minimum absolute atomic E-state index is 0.148. The second kappa shape index (κ2) is 6.82. The molecule has 0 fully saturated rings. The Morgan fingerprint density at radius 3 is 2.61 bits per heavy atom. The number of alkyl halides is 1. The average molecular weight is 367 g/mol. The molecule has 0 amide bonds. The maximum atomic E-state index is 6.41. The van der Waals surface area contributed by atoms with Crippen molar-refractivity contribution in [2.45, 2.75) is 17.0 Å². The van der Waals surface area contributed by atoms with Crippen LogP contribution < -0.4 is 5.73 Å². The normalized spacial score (nSPS) is 18.0. The molecule has 1 atom stereocenters. The van der Waals surface area contributed by atoms with Crippen molar-refractivity contribution in [1.29, 1.82) is 0 Å². The second-order valence-corrected chi connectivity index (χ2v) is 6.42. The van der Waals surface area contributed by atoms with E-state index in [4.69, 9.17) is 28.9 Å². The van der Waals surface area contributed by atoms with Gasteiger partial charge >= 0.3 is 0 Å². The fourth-order valence-electron chi connectivity index (χ4n) is 2.12. The first-order valence-electron chi connectivity index (χ1n) is 6.66. The molecule has 1 unspecified atom stereocenters. The van der Waals surface area contributed by atoms with Crippen molar-refractivity contribution >= 4 is 52.1 Å². The van der Waals surface area contributed by atoms with Crippen LogP contribution >= 0.6 is 35.0 Å². The molecular formula is C14H12Cl2N6S. The molecular weight excluding hydrogens is 355 g/mol. The van der Waals surface area contributed by atoms with Crippen LogP contribution in [0.15, 0.2) is 34.7 Å². The molecule has 6 nitrogen and oxygen atoms in total. The van der Waals surface area contributed by atoms with Crippen molar-refractivity contribution in [3.8, 4) is 0 Å². The van der Waals surface area contributed by atoms with Crippen LogP contribution in [0.3, 0.4) is 0 Å². The van der Waals surface area contributed by atoms with E-state index in [-0.39, 0.29) is 11.3 Å². The van der Waals surface area contributed by atoms with Crippen molar-refractivity contribution in [2.75, 3.05) is 12.0 Å². The van der Waals surface area contributed by atoms with Gasteiger partial charge in [0.05, 0.1) is 5.38 Å². The molecule has 2 N–H and O–H groups in total. The SMILES string of the molecule is CSc1nc(N)nc(C2=C(Cl)CC(Cl)C(c3ncccn3)=C2)n1. The van der Waals surface area contributed by atoms with Crippen LogP contribution in [0, 0.1) is 0 Å². The Hall–Kier alpha value is -1.70. The van der Waals surface area contributed by atoms with Gasteiger partial charge in [0.25, 0.3) is 0 Å². The van der Waals surface area contributed by atoms with E-state index >= 15 is 0 Å². The number of hydrogen-bond donors (Lipinski definition) is 1. The van der Waals surface area contributed by atoms with Crippen LogP contribution in [0.4, 0.5) is 5.95 Å². The molecule has 9 heteroatoms. The topological polar surface area (TPSA) is 90.5 Å². The van der Waals surface area contributed by atoms with E-state index in [1.807, 2.05) is 12.3 Å². The Bertz CT molecular complexity index is 793. The summed E-state index contributed by atoms with van der Waals surface area (Å²) >= 11 is 14.2. The monoisotopic (exact) mass is 366 g/mol. The molecule has 118 valence electrons. The number of anilines is 1. The van der Waals surface area contributed by atoms with Gasteiger partial charge in [-0.1, -0.05) is 23.4 Å². The Kier molecular flexibility index (Phi) is 4.79. The third-order valence-corrected chi connectivity index (χ3v) is 4.46. The van der Waals surface area contributed by atoms with Crippen molar-refractivity contribution in [1.82, 2.24) is 24.9 Å². The third kappa shape index (κ3) is 3.46. The van der Waals surface area contributed by atoms with E-state index < -0.39 is 0 Å². The van der Waals surface area contributed by atoms with E-state index in [2.05, 4.69) is 24.9 Å². The summed E-state index contributed by atoms with van der Waals surface area (Å²) in [5, 5.41) is 0.790. The number of nitrogens with zero attached hydrogens (tertiary/aromatic N) is 5. The number of halogens is 2. The van der Waals surface area contributed by atoms with E-state index in [9.17, 15) is 0 Å². The molecule has 0 bridgehead atoms. The predicted octanol–water partition coefficient (Wildman–Crippen LogP) is 3.01. The Morgan fingerprint density at radius 1 is 1.17 bits per heavy atom.